The molecule has 16 heavy (non-hydrogen) atoms. The van der Waals surface area contributed by atoms with Gasteiger partial charge in [0.05, 0.1) is 15.9 Å². The zero-order valence-electron chi connectivity index (χ0n) is 9.69. The number of ether oxygens (including phenoxy) is 1. The molecule has 84 valence electrons. The second-order valence-electron chi connectivity index (χ2n) is 3.36. The molecule has 0 N–H and O–H groups in total. The van der Waals surface area contributed by atoms with Gasteiger partial charge in [0, 0.05) is 0 Å². The zero-order chi connectivity index (χ0) is 11.5. The molecule has 4 nitrogen and oxygen atoms in total. The van der Waals surface area contributed by atoms with Crippen molar-refractivity contribution < 1.29 is 47.3 Å². The van der Waals surface area contributed by atoms with Gasteiger partial charge in [0.25, 0.3) is 0 Å². The molecule has 6 heteroatoms. The van der Waals surface area contributed by atoms with Crippen molar-refractivity contribution in [3.63, 3.8) is 0 Å². The minimum Gasteiger partial charge on any atom is -0.748 e. The molecule has 0 heterocycles. The Hall–Kier alpha value is -0.0700. The van der Waals surface area contributed by atoms with Crippen LogP contribution in [0.25, 0.3) is 0 Å². The summed E-state index contributed by atoms with van der Waals surface area (Å²) < 4.78 is 36.1. The summed E-state index contributed by atoms with van der Waals surface area (Å²) in [6, 6.07) is 5.45. The van der Waals surface area contributed by atoms with Gasteiger partial charge < -0.3 is 9.29 Å². The number of aryl methyl sites for hydroxylation is 2. The third-order valence-electron chi connectivity index (χ3n) is 2.08. The van der Waals surface area contributed by atoms with Gasteiger partial charge in [-0.05, 0) is 37.1 Å². The van der Waals surface area contributed by atoms with Gasteiger partial charge >= 0.3 is 29.6 Å². The Morgan fingerprint density at radius 3 is 2.38 bits per heavy atom. The largest absolute Gasteiger partial charge is 1.00 e. The first-order valence-corrected chi connectivity index (χ1v) is 6.10. The molecule has 0 aromatic heterocycles. The molecule has 0 fully saturated rings. The van der Waals surface area contributed by atoms with Gasteiger partial charge in [-0.3, -0.25) is 0 Å². The van der Waals surface area contributed by atoms with E-state index in [-0.39, 0.29) is 36.2 Å². The third kappa shape index (κ3) is 5.86. The van der Waals surface area contributed by atoms with Crippen molar-refractivity contribution >= 4 is 10.1 Å². The van der Waals surface area contributed by atoms with Crippen molar-refractivity contribution in [1.82, 2.24) is 0 Å². The van der Waals surface area contributed by atoms with Crippen LogP contribution >= 0.6 is 0 Å². The summed E-state index contributed by atoms with van der Waals surface area (Å²) in [5, 5.41) is 0. The maximum Gasteiger partial charge on any atom is 1.00 e. The first-order valence-electron chi connectivity index (χ1n) is 4.52. The fraction of sp³-hybridized carbons (Fsp3) is 0.400. The molecular formula is C10H13NaO4S. The number of benzene rings is 1. The van der Waals surface area contributed by atoms with E-state index in [1.54, 1.807) is 6.07 Å². The first-order chi connectivity index (χ1) is 6.88. The van der Waals surface area contributed by atoms with E-state index < -0.39 is 15.9 Å². The molecule has 0 radical (unpaired) electrons. The molecule has 0 aliphatic heterocycles. The van der Waals surface area contributed by atoms with Gasteiger partial charge in [0.1, 0.15) is 12.4 Å². The normalized spacial score (nSPS) is 10.7. The summed E-state index contributed by atoms with van der Waals surface area (Å²) >= 11 is 0. The molecule has 0 unspecified atom stereocenters. The van der Waals surface area contributed by atoms with Gasteiger partial charge in [-0.15, -0.1) is 0 Å². The van der Waals surface area contributed by atoms with Crippen LogP contribution in [0.1, 0.15) is 11.1 Å². The number of hydrogen-bond acceptors (Lipinski definition) is 4. The standard InChI is InChI=1S/C10H14O4S.Na/c1-8-3-4-10(7-9(8)2)14-5-6-15(11,12)13;/h3-4,7H,5-6H2,1-2H3,(H,11,12,13);/q;+1/p-1. The summed E-state index contributed by atoms with van der Waals surface area (Å²) in [6.07, 6.45) is 0. The van der Waals surface area contributed by atoms with Crippen LogP contribution in [0, 0.1) is 13.8 Å². The van der Waals surface area contributed by atoms with E-state index in [0.29, 0.717) is 5.75 Å². The zero-order valence-corrected chi connectivity index (χ0v) is 12.5. The quantitative estimate of drug-likeness (QED) is 0.470. The van der Waals surface area contributed by atoms with Crippen molar-refractivity contribution in [2.24, 2.45) is 0 Å². The monoisotopic (exact) mass is 252 g/mol. The molecule has 0 saturated carbocycles. The van der Waals surface area contributed by atoms with E-state index in [1.165, 1.54) is 0 Å². The van der Waals surface area contributed by atoms with Crippen LogP contribution in [0.5, 0.6) is 5.75 Å². The Morgan fingerprint density at radius 1 is 1.25 bits per heavy atom. The van der Waals surface area contributed by atoms with Crippen molar-refractivity contribution in [2.75, 3.05) is 12.4 Å². The van der Waals surface area contributed by atoms with Crippen LogP contribution in [-0.4, -0.2) is 25.3 Å². The van der Waals surface area contributed by atoms with Crippen LogP contribution in [0.2, 0.25) is 0 Å². The topological polar surface area (TPSA) is 66.4 Å². The Kier molecular flexibility index (Phi) is 6.58. The molecule has 0 saturated heterocycles. The average Bonchev–Trinajstić information content (AvgIpc) is 2.09. The molecule has 0 aliphatic rings. The SMILES string of the molecule is Cc1ccc(OCCS(=O)(=O)[O-])cc1C.[Na+]. The van der Waals surface area contributed by atoms with E-state index in [2.05, 4.69) is 0 Å². The first kappa shape index (κ1) is 15.9. The van der Waals surface area contributed by atoms with E-state index >= 15 is 0 Å². The minimum absolute atomic E-state index is 0. The number of hydrogen-bond donors (Lipinski definition) is 0. The average molecular weight is 252 g/mol. The second kappa shape index (κ2) is 6.61. The van der Waals surface area contributed by atoms with Crippen LogP contribution in [0.3, 0.4) is 0 Å². The predicted molar refractivity (Wildman–Crippen MR) is 56.0 cm³/mol. The van der Waals surface area contributed by atoms with Crippen molar-refractivity contribution in [3.05, 3.63) is 29.3 Å². The number of rotatable bonds is 4. The van der Waals surface area contributed by atoms with Crippen LogP contribution in [-0.2, 0) is 10.1 Å². The molecule has 1 aromatic rings. The van der Waals surface area contributed by atoms with Crippen molar-refractivity contribution in [3.8, 4) is 5.75 Å². The summed E-state index contributed by atoms with van der Waals surface area (Å²) in [4.78, 5) is 0. The van der Waals surface area contributed by atoms with Gasteiger partial charge in [-0.1, -0.05) is 6.07 Å². The van der Waals surface area contributed by atoms with E-state index in [4.69, 9.17) is 4.74 Å². The van der Waals surface area contributed by atoms with Crippen LogP contribution in [0.15, 0.2) is 18.2 Å². The van der Waals surface area contributed by atoms with Crippen molar-refractivity contribution in [2.45, 2.75) is 13.8 Å². The third-order valence-corrected chi connectivity index (χ3v) is 2.75. The minimum atomic E-state index is -4.19. The Balaban J connectivity index is 0.00000225. The van der Waals surface area contributed by atoms with E-state index in [9.17, 15) is 13.0 Å². The Labute approximate surface area is 118 Å². The summed E-state index contributed by atoms with van der Waals surface area (Å²) in [5.41, 5.74) is 2.20. The van der Waals surface area contributed by atoms with Crippen molar-refractivity contribution in [1.29, 1.82) is 0 Å². The maximum atomic E-state index is 10.3. The predicted octanol–water partition coefficient (Wildman–Crippen LogP) is -1.77. The van der Waals surface area contributed by atoms with Gasteiger partial charge in [0.15, 0.2) is 0 Å². The molecule has 1 aromatic carbocycles. The van der Waals surface area contributed by atoms with Gasteiger partial charge in [0.2, 0.25) is 0 Å². The molecule has 0 amide bonds. The van der Waals surface area contributed by atoms with Crippen LogP contribution in [0.4, 0.5) is 0 Å². The molecule has 0 spiro atoms. The smallest absolute Gasteiger partial charge is 0.748 e. The molecule has 0 aliphatic carbocycles. The fourth-order valence-electron chi connectivity index (χ4n) is 1.07. The second-order valence-corrected chi connectivity index (χ2v) is 4.88. The Morgan fingerprint density at radius 2 is 1.88 bits per heavy atom. The Bertz CT molecular complexity index is 442. The van der Waals surface area contributed by atoms with Gasteiger partial charge in [-0.25, -0.2) is 8.42 Å². The van der Waals surface area contributed by atoms with Crippen LogP contribution < -0.4 is 34.3 Å². The summed E-state index contributed by atoms with van der Waals surface area (Å²) in [5.74, 6) is 0.0849. The molecule has 0 bridgehead atoms. The van der Waals surface area contributed by atoms with E-state index in [0.717, 1.165) is 11.1 Å². The van der Waals surface area contributed by atoms with E-state index in [1.807, 2.05) is 26.0 Å². The summed E-state index contributed by atoms with van der Waals surface area (Å²) in [6.45, 7) is 3.81. The summed E-state index contributed by atoms with van der Waals surface area (Å²) in [7, 11) is -4.19. The molecular weight excluding hydrogens is 239 g/mol. The fourth-order valence-corrected chi connectivity index (χ4v) is 1.35. The maximum absolute atomic E-state index is 10.3. The molecule has 1 rings (SSSR count). The molecule has 0 atom stereocenters. The van der Waals surface area contributed by atoms with Gasteiger partial charge in [-0.2, -0.15) is 0 Å².